The molecule has 26 heavy (non-hydrogen) atoms. The predicted octanol–water partition coefficient (Wildman–Crippen LogP) is 2.68. The number of cyclic esters (lactones) is 1. The Morgan fingerprint density at radius 3 is 2.77 bits per heavy atom. The van der Waals surface area contributed by atoms with E-state index in [1.54, 1.807) is 12.5 Å². The Morgan fingerprint density at radius 2 is 2.04 bits per heavy atom. The number of carbonyl (C=O) groups is 2. The van der Waals surface area contributed by atoms with Gasteiger partial charge in [-0.2, -0.15) is 0 Å². The third kappa shape index (κ3) is 1.76. The molecule has 2 saturated heterocycles. The van der Waals surface area contributed by atoms with E-state index in [1.807, 2.05) is 13.0 Å². The summed E-state index contributed by atoms with van der Waals surface area (Å²) in [5, 5.41) is 10.1. The Kier molecular flexibility index (Phi) is 3.24. The highest BCUT2D eigenvalue weighted by Gasteiger charge is 2.66. The number of aliphatic hydroxyl groups is 1. The van der Waals surface area contributed by atoms with Crippen LogP contribution in [0.3, 0.4) is 0 Å². The lowest BCUT2D eigenvalue weighted by Gasteiger charge is -2.45. The molecule has 0 amide bonds. The zero-order chi connectivity index (χ0) is 18.1. The Morgan fingerprint density at radius 1 is 1.23 bits per heavy atom. The van der Waals surface area contributed by atoms with Crippen LogP contribution in [-0.4, -0.2) is 29.8 Å². The van der Waals surface area contributed by atoms with Crippen molar-refractivity contribution in [3.8, 4) is 0 Å². The standard InChI is InChI=1S/C20H22O6/c1-11-7-14-16-13(3-2-5-19(16,10-21)17(22)25-14)20(11)8-15(26-18(20)23)12-4-6-24-9-12/h4,6,9,11,14-15,21H,2-3,5,7-8,10H2,1H3/t11-,14-,15?,19-,20?/m1/s1. The van der Waals surface area contributed by atoms with Crippen LogP contribution in [0, 0.1) is 16.7 Å². The Balaban J connectivity index is 1.67. The molecule has 0 bridgehead atoms. The maximum absolute atomic E-state index is 13.2. The molecule has 3 heterocycles. The van der Waals surface area contributed by atoms with Crippen LogP contribution in [0.1, 0.15) is 50.7 Å². The first-order valence-electron chi connectivity index (χ1n) is 9.32. The van der Waals surface area contributed by atoms with Crippen LogP contribution in [0.4, 0.5) is 0 Å². The molecule has 6 heteroatoms. The van der Waals surface area contributed by atoms with Crippen LogP contribution in [-0.2, 0) is 19.1 Å². The minimum absolute atomic E-state index is 0.0102. The van der Waals surface area contributed by atoms with Gasteiger partial charge in [0.25, 0.3) is 0 Å². The molecule has 1 spiro atoms. The van der Waals surface area contributed by atoms with Crippen molar-refractivity contribution in [2.24, 2.45) is 16.7 Å². The molecule has 0 radical (unpaired) electrons. The van der Waals surface area contributed by atoms with E-state index in [4.69, 9.17) is 13.9 Å². The molecule has 2 fully saturated rings. The van der Waals surface area contributed by atoms with Crippen LogP contribution in [0.15, 0.2) is 34.2 Å². The summed E-state index contributed by atoms with van der Waals surface area (Å²) in [5.74, 6) is -0.541. The topological polar surface area (TPSA) is 86.0 Å². The fourth-order valence-electron chi connectivity index (χ4n) is 5.76. The Labute approximate surface area is 151 Å². The summed E-state index contributed by atoms with van der Waals surface area (Å²) in [6, 6.07) is 1.83. The maximum atomic E-state index is 13.2. The summed E-state index contributed by atoms with van der Waals surface area (Å²) in [5.41, 5.74) is 1.03. The van der Waals surface area contributed by atoms with Gasteiger partial charge >= 0.3 is 11.9 Å². The fourth-order valence-corrected chi connectivity index (χ4v) is 5.76. The zero-order valence-corrected chi connectivity index (χ0v) is 14.7. The lowest BCUT2D eigenvalue weighted by atomic mass is 9.54. The smallest absolute Gasteiger partial charge is 0.319 e. The minimum Gasteiger partial charge on any atom is -0.472 e. The van der Waals surface area contributed by atoms with Crippen molar-refractivity contribution >= 4 is 11.9 Å². The van der Waals surface area contributed by atoms with Gasteiger partial charge in [0.2, 0.25) is 0 Å². The summed E-state index contributed by atoms with van der Waals surface area (Å²) in [6.07, 6.45) is 5.79. The fraction of sp³-hybridized carbons (Fsp3) is 0.600. The number of aliphatic hydroxyl groups excluding tert-OH is 1. The summed E-state index contributed by atoms with van der Waals surface area (Å²) in [7, 11) is 0. The van der Waals surface area contributed by atoms with Gasteiger partial charge in [-0.1, -0.05) is 6.92 Å². The molecule has 1 aromatic heterocycles. The third-order valence-electron chi connectivity index (χ3n) is 7.09. The predicted molar refractivity (Wildman–Crippen MR) is 88.6 cm³/mol. The van der Waals surface area contributed by atoms with Gasteiger partial charge in [-0.3, -0.25) is 9.59 Å². The van der Waals surface area contributed by atoms with E-state index in [-0.39, 0.29) is 36.7 Å². The van der Waals surface area contributed by atoms with Gasteiger partial charge < -0.3 is 19.0 Å². The summed E-state index contributed by atoms with van der Waals surface area (Å²) < 4.78 is 16.6. The van der Waals surface area contributed by atoms with E-state index in [9.17, 15) is 14.7 Å². The summed E-state index contributed by atoms with van der Waals surface area (Å²) in [4.78, 5) is 25.8. The SMILES string of the molecule is C[C@@H]1C[C@H]2OC(=O)[C@@]3(CO)CCCC(=C23)C12CC(c1ccoc1)OC2=O. The first kappa shape index (κ1) is 16.1. The molecule has 4 aliphatic rings. The highest BCUT2D eigenvalue weighted by Crippen LogP contribution is 2.63. The van der Waals surface area contributed by atoms with E-state index >= 15 is 0 Å². The van der Waals surface area contributed by atoms with Gasteiger partial charge in [0.05, 0.1) is 24.5 Å². The van der Waals surface area contributed by atoms with E-state index in [0.717, 1.165) is 29.6 Å². The largest absolute Gasteiger partial charge is 0.472 e. The number of fused-ring (bicyclic) bond motifs is 1. The number of furan rings is 1. The van der Waals surface area contributed by atoms with Crippen molar-refractivity contribution in [1.29, 1.82) is 0 Å². The van der Waals surface area contributed by atoms with Crippen molar-refractivity contribution in [2.45, 2.75) is 51.2 Å². The molecule has 1 N–H and O–H groups in total. The van der Waals surface area contributed by atoms with Crippen LogP contribution >= 0.6 is 0 Å². The molecule has 138 valence electrons. The second kappa shape index (κ2) is 5.22. The lowest BCUT2D eigenvalue weighted by molar-refractivity contribution is -0.151. The van der Waals surface area contributed by atoms with E-state index < -0.39 is 10.8 Å². The van der Waals surface area contributed by atoms with Gasteiger partial charge in [0, 0.05) is 12.0 Å². The van der Waals surface area contributed by atoms with Crippen molar-refractivity contribution in [3.63, 3.8) is 0 Å². The Hall–Kier alpha value is -2.08. The Bertz CT molecular complexity index is 808. The number of hydrogen-bond acceptors (Lipinski definition) is 6. The summed E-state index contributed by atoms with van der Waals surface area (Å²) >= 11 is 0. The minimum atomic E-state index is -0.959. The van der Waals surface area contributed by atoms with Crippen LogP contribution < -0.4 is 0 Å². The molecule has 5 atom stereocenters. The number of carbonyl (C=O) groups excluding carboxylic acids is 2. The van der Waals surface area contributed by atoms with Crippen LogP contribution in [0.25, 0.3) is 0 Å². The number of hydrogen-bond donors (Lipinski definition) is 1. The first-order valence-corrected chi connectivity index (χ1v) is 9.32. The lowest BCUT2D eigenvalue weighted by Crippen LogP contribution is -2.47. The quantitative estimate of drug-likeness (QED) is 0.646. The highest BCUT2D eigenvalue weighted by molar-refractivity contribution is 5.89. The molecule has 6 nitrogen and oxygen atoms in total. The normalized spacial score (nSPS) is 41.4. The number of esters is 2. The molecule has 0 saturated carbocycles. The maximum Gasteiger partial charge on any atom is 0.319 e. The van der Waals surface area contributed by atoms with Crippen molar-refractivity contribution in [3.05, 3.63) is 35.3 Å². The monoisotopic (exact) mass is 358 g/mol. The second-order valence-corrected chi connectivity index (χ2v) is 8.14. The first-order chi connectivity index (χ1) is 12.5. The van der Waals surface area contributed by atoms with Gasteiger partial charge in [-0.25, -0.2) is 0 Å². The van der Waals surface area contributed by atoms with Crippen LogP contribution in [0.5, 0.6) is 0 Å². The van der Waals surface area contributed by atoms with Gasteiger partial charge in [0.15, 0.2) is 0 Å². The second-order valence-electron chi connectivity index (χ2n) is 8.14. The van der Waals surface area contributed by atoms with Gasteiger partial charge in [0.1, 0.15) is 17.6 Å². The molecule has 0 aromatic carbocycles. The molecule has 1 aromatic rings. The average Bonchev–Trinajstić information content (AvgIpc) is 3.32. The van der Waals surface area contributed by atoms with E-state index in [1.165, 1.54) is 0 Å². The van der Waals surface area contributed by atoms with Crippen LogP contribution in [0.2, 0.25) is 0 Å². The van der Waals surface area contributed by atoms with Crippen molar-refractivity contribution in [2.75, 3.05) is 6.61 Å². The number of ether oxygens (including phenoxy) is 2. The molecule has 2 aliphatic heterocycles. The zero-order valence-electron chi connectivity index (χ0n) is 14.7. The molecule has 5 rings (SSSR count). The van der Waals surface area contributed by atoms with E-state index in [0.29, 0.717) is 19.3 Å². The van der Waals surface area contributed by atoms with Gasteiger partial charge in [-0.05, 0) is 48.8 Å². The van der Waals surface area contributed by atoms with Crippen molar-refractivity contribution < 1.29 is 28.6 Å². The van der Waals surface area contributed by atoms with Crippen molar-refractivity contribution in [1.82, 2.24) is 0 Å². The molecular formula is C20H22O6. The highest BCUT2D eigenvalue weighted by atomic mass is 16.6. The van der Waals surface area contributed by atoms with E-state index in [2.05, 4.69) is 0 Å². The summed E-state index contributed by atoms with van der Waals surface area (Å²) in [6.45, 7) is 1.79. The number of rotatable bonds is 2. The molecule has 2 aliphatic carbocycles. The molecular weight excluding hydrogens is 336 g/mol. The molecule has 2 unspecified atom stereocenters. The van der Waals surface area contributed by atoms with Gasteiger partial charge in [-0.15, -0.1) is 0 Å². The average molecular weight is 358 g/mol. The third-order valence-corrected chi connectivity index (χ3v) is 7.09.